The van der Waals surface area contributed by atoms with E-state index >= 15 is 0 Å². The number of fused-ring (bicyclic) bond motifs is 1. The molecule has 1 aromatic carbocycles. The lowest BCUT2D eigenvalue weighted by Gasteiger charge is -2.11. The molecule has 0 aliphatic rings. The molecule has 1 aromatic heterocycles. The van der Waals surface area contributed by atoms with Crippen LogP contribution >= 0.6 is 0 Å². The van der Waals surface area contributed by atoms with Gasteiger partial charge in [0.15, 0.2) is 0 Å². The van der Waals surface area contributed by atoms with Crippen LogP contribution in [0.1, 0.15) is 0 Å². The molecule has 0 saturated carbocycles. The Morgan fingerprint density at radius 2 is 1.88 bits per heavy atom. The van der Waals surface area contributed by atoms with E-state index in [9.17, 15) is 0 Å². The molecule has 4 N–H and O–H groups in total. The molecule has 0 bridgehead atoms. The zero-order chi connectivity index (χ0) is 11.4. The summed E-state index contributed by atoms with van der Waals surface area (Å²) >= 11 is 0. The van der Waals surface area contributed by atoms with Crippen molar-refractivity contribution >= 4 is 22.3 Å². The molecule has 0 spiro atoms. The Bertz CT molecular complexity index is 483. The van der Waals surface area contributed by atoms with Gasteiger partial charge in [-0.05, 0) is 18.2 Å². The van der Waals surface area contributed by atoms with Crippen LogP contribution in [0.5, 0.6) is 0 Å². The molecule has 2 aromatic rings. The van der Waals surface area contributed by atoms with Gasteiger partial charge in [0.2, 0.25) is 0 Å². The first kappa shape index (κ1) is 10.7. The van der Waals surface area contributed by atoms with E-state index in [0.717, 1.165) is 22.3 Å². The van der Waals surface area contributed by atoms with Crippen molar-refractivity contribution in [2.75, 3.05) is 24.9 Å². The van der Waals surface area contributed by atoms with Gasteiger partial charge in [0.1, 0.15) is 0 Å². The predicted molar refractivity (Wildman–Crippen MR) is 67.1 cm³/mol. The molecular formula is C11H15N5. The van der Waals surface area contributed by atoms with E-state index in [1.165, 1.54) is 0 Å². The van der Waals surface area contributed by atoms with Gasteiger partial charge in [-0.25, -0.2) is 10.9 Å². The molecular weight excluding hydrogens is 202 g/mol. The van der Waals surface area contributed by atoms with Crippen LogP contribution in [0.2, 0.25) is 0 Å². The van der Waals surface area contributed by atoms with Crippen LogP contribution in [0, 0.1) is 0 Å². The molecule has 5 heteroatoms. The number of anilines is 2. The normalized spacial score (nSPS) is 10.4. The topological polar surface area (TPSA) is 61.0 Å². The highest BCUT2D eigenvalue weighted by atomic mass is 15.4. The SMILES string of the molecule is CNNc1cc(NNC)c2ncccc2c1. The van der Waals surface area contributed by atoms with Gasteiger partial charge in [-0.2, -0.15) is 0 Å². The first-order valence-electron chi connectivity index (χ1n) is 5.09. The lowest BCUT2D eigenvalue weighted by Crippen LogP contribution is -2.17. The zero-order valence-electron chi connectivity index (χ0n) is 9.33. The minimum absolute atomic E-state index is 0.943. The summed E-state index contributed by atoms with van der Waals surface area (Å²) in [4.78, 5) is 4.35. The highest BCUT2D eigenvalue weighted by molar-refractivity contribution is 5.93. The van der Waals surface area contributed by atoms with E-state index in [4.69, 9.17) is 0 Å². The molecule has 0 atom stereocenters. The van der Waals surface area contributed by atoms with Crippen molar-refractivity contribution in [3.05, 3.63) is 30.5 Å². The molecule has 5 nitrogen and oxygen atoms in total. The van der Waals surface area contributed by atoms with Crippen LogP contribution in [0.15, 0.2) is 30.5 Å². The second-order valence-corrected chi connectivity index (χ2v) is 3.35. The van der Waals surface area contributed by atoms with Crippen LogP contribution < -0.4 is 21.7 Å². The molecule has 0 amide bonds. The van der Waals surface area contributed by atoms with Crippen LogP contribution in [0.3, 0.4) is 0 Å². The highest BCUT2D eigenvalue weighted by Gasteiger charge is 2.03. The molecule has 0 fully saturated rings. The largest absolute Gasteiger partial charge is 0.322 e. The molecule has 0 saturated heterocycles. The van der Waals surface area contributed by atoms with Gasteiger partial charge < -0.3 is 10.9 Å². The standard InChI is InChI=1S/C11H15N5/c1-12-15-9-6-8-4-3-5-14-11(8)10(7-9)16-13-2/h3-7,12-13,15-16H,1-2H3. The van der Waals surface area contributed by atoms with Crippen molar-refractivity contribution < 1.29 is 0 Å². The first-order chi connectivity index (χ1) is 7.85. The third-order valence-corrected chi connectivity index (χ3v) is 2.23. The summed E-state index contributed by atoms with van der Waals surface area (Å²) in [5.41, 5.74) is 14.8. The Labute approximate surface area is 94.2 Å². The fourth-order valence-corrected chi connectivity index (χ4v) is 1.64. The minimum Gasteiger partial charge on any atom is -0.322 e. The number of nitrogens with one attached hydrogen (secondary N) is 4. The maximum Gasteiger partial charge on any atom is 0.0948 e. The molecule has 2 rings (SSSR count). The van der Waals surface area contributed by atoms with E-state index in [1.807, 2.05) is 38.4 Å². The summed E-state index contributed by atoms with van der Waals surface area (Å²) in [6.45, 7) is 0. The maximum atomic E-state index is 4.35. The van der Waals surface area contributed by atoms with Gasteiger partial charge in [0, 0.05) is 25.7 Å². The summed E-state index contributed by atoms with van der Waals surface area (Å²) < 4.78 is 0. The Morgan fingerprint density at radius 1 is 1.06 bits per heavy atom. The third kappa shape index (κ3) is 2.05. The molecule has 0 radical (unpaired) electrons. The Hall–Kier alpha value is -1.85. The molecule has 0 aliphatic carbocycles. The van der Waals surface area contributed by atoms with Gasteiger partial charge in [-0.15, -0.1) is 0 Å². The number of aromatic nitrogens is 1. The minimum atomic E-state index is 0.943. The monoisotopic (exact) mass is 217 g/mol. The average Bonchev–Trinajstić information content (AvgIpc) is 2.30. The van der Waals surface area contributed by atoms with Gasteiger partial charge in [-0.3, -0.25) is 4.98 Å². The second-order valence-electron chi connectivity index (χ2n) is 3.35. The summed E-state index contributed by atoms with van der Waals surface area (Å²) in [5, 5.41) is 1.08. The second kappa shape index (κ2) is 4.78. The van der Waals surface area contributed by atoms with Crippen LogP contribution in [0.25, 0.3) is 10.9 Å². The fraction of sp³-hybridized carbons (Fsp3) is 0.182. The quantitative estimate of drug-likeness (QED) is 0.582. The lowest BCUT2D eigenvalue weighted by atomic mass is 10.1. The van der Waals surface area contributed by atoms with Gasteiger partial charge in [0.05, 0.1) is 16.9 Å². The Morgan fingerprint density at radius 3 is 2.62 bits per heavy atom. The van der Waals surface area contributed by atoms with E-state index in [1.54, 1.807) is 6.20 Å². The fourth-order valence-electron chi connectivity index (χ4n) is 1.64. The lowest BCUT2D eigenvalue weighted by molar-refractivity contribution is 0.975. The smallest absolute Gasteiger partial charge is 0.0948 e. The van der Waals surface area contributed by atoms with Crippen LogP contribution in [-0.2, 0) is 0 Å². The van der Waals surface area contributed by atoms with E-state index < -0.39 is 0 Å². The first-order valence-corrected chi connectivity index (χ1v) is 5.09. The highest BCUT2D eigenvalue weighted by Crippen LogP contribution is 2.25. The molecule has 84 valence electrons. The molecule has 0 unspecified atom stereocenters. The van der Waals surface area contributed by atoms with Crippen LogP contribution in [-0.4, -0.2) is 19.1 Å². The number of pyridine rings is 1. The van der Waals surface area contributed by atoms with Crippen molar-refractivity contribution in [2.24, 2.45) is 0 Å². The van der Waals surface area contributed by atoms with E-state index in [2.05, 4.69) is 26.7 Å². The predicted octanol–water partition coefficient (Wildman–Crippen LogP) is 1.33. The maximum absolute atomic E-state index is 4.35. The summed E-state index contributed by atoms with van der Waals surface area (Å²) in [5.74, 6) is 0. The number of nitrogens with zero attached hydrogens (tertiary/aromatic N) is 1. The summed E-state index contributed by atoms with van der Waals surface area (Å²) in [6, 6.07) is 7.99. The Kier molecular flexibility index (Phi) is 3.19. The van der Waals surface area contributed by atoms with Gasteiger partial charge in [0.25, 0.3) is 0 Å². The third-order valence-electron chi connectivity index (χ3n) is 2.23. The molecule has 0 aliphatic heterocycles. The summed E-state index contributed by atoms with van der Waals surface area (Å²) in [6.07, 6.45) is 1.79. The number of hydrogen-bond acceptors (Lipinski definition) is 5. The van der Waals surface area contributed by atoms with Crippen molar-refractivity contribution in [1.82, 2.24) is 15.8 Å². The molecule has 1 heterocycles. The van der Waals surface area contributed by atoms with Gasteiger partial charge >= 0.3 is 0 Å². The van der Waals surface area contributed by atoms with Crippen molar-refractivity contribution in [2.45, 2.75) is 0 Å². The number of benzene rings is 1. The zero-order valence-corrected chi connectivity index (χ0v) is 9.33. The van der Waals surface area contributed by atoms with Crippen molar-refractivity contribution in [1.29, 1.82) is 0 Å². The van der Waals surface area contributed by atoms with Gasteiger partial charge in [-0.1, -0.05) is 6.07 Å². The summed E-state index contributed by atoms with van der Waals surface area (Å²) in [7, 11) is 3.66. The molecule has 16 heavy (non-hydrogen) atoms. The number of hydrogen-bond donors (Lipinski definition) is 4. The number of hydrazine groups is 2. The van der Waals surface area contributed by atoms with Crippen molar-refractivity contribution in [3.8, 4) is 0 Å². The van der Waals surface area contributed by atoms with E-state index in [0.29, 0.717) is 0 Å². The number of rotatable bonds is 4. The average molecular weight is 217 g/mol. The van der Waals surface area contributed by atoms with Crippen LogP contribution in [0.4, 0.5) is 11.4 Å². The van der Waals surface area contributed by atoms with E-state index in [-0.39, 0.29) is 0 Å². The van der Waals surface area contributed by atoms with Crippen molar-refractivity contribution in [3.63, 3.8) is 0 Å². The Balaban J connectivity index is 2.54.